The minimum atomic E-state index is -4.16. The second-order valence-electron chi connectivity index (χ2n) is 4.15. The van der Waals surface area contributed by atoms with Crippen molar-refractivity contribution in [2.24, 2.45) is 5.14 Å². The number of primary sulfonamides is 1. The third-order valence-corrected chi connectivity index (χ3v) is 3.96. The Morgan fingerprint density at radius 1 is 1.29 bits per heavy atom. The van der Waals surface area contributed by atoms with Crippen LogP contribution < -0.4 is 5.14 Å². The first kappa shape index (κ1) is 12.4. The topological polar surface area (TPSA) is 60.2 Å². The van der Waals surface area contributed by atoms with E-state index in [0.29, 0.717) is 0 Å². The number of hydrogen-bond donors (Lipinski definition) is 1. The lowest BCUT2D eigenvalue weighted by Gasteiger charge is -2.15. The molecule has 1 fully saturated rings. The molecule has 1 saturated carbocycles. The Labute approximate surface area is 96.5 Å². The van der Waals surface area contributed by atoms with Gasteiger partial charge in [0.2, 0.25) is 16.4 Å². The van der Waals surface area contributed by atoms with Crippen LogP contribution in [0.5, 0.6) is 0 Å². The number of nitrogens with two attached hydrogens (primary N) is 1. The fraction of sp³-hybridized carbons (Fsp3) is 0.400. The SMILES string of the molecule is NS(=O)(=O)c1ccc(C2(C(F)F)CC2)cc1F. The Morgan fingerprint density at radius 3 is 2.24 bits per heavy atom. The van der Waals surface area contributed by atoms with Crippen LogP contribution in [0.2, 0.25) is 0 Å². The van der Waals surface area contributed by atoms with Crippen LogP contribution in [0.25, 0.3) is 0 Å². The molecule has 0 unspecified atom stereocenters. The van der Waals surface area contributed by atoms with Gasteiger partial charge in [-0.15, -0.1) is 0 Å². The zero-order valence-corrected chi connectivity index (χ0v) is 9.48. The first-order chi connectivity index (χ1) is 7.77. The first-order valence-electron chi connectivity index (χ1n) is 4.88. The summed E-state index contributed by atoms with van der Waals surface area (Å²) >= 11 is 0. The van der Waals surface area contributed by atoms with Crippen LogP contribution >= 0.6 is 0 Å². The smallest absolute Gasteiger partial charge is 0.225 e. The summed E-state index contributed by atoms with van der Waals surface area (Å²) in [6, 6.07) is 2.96. The van der Waals surface area contributed by atoms with Gasteiger partial charge in [0.1, 0.15) is 10.7 Å². The standard InChI is InChI=1S/C10H10F3NO2S/c11-7-5-6(10(3-4-10)9(12)13)1-2-8(7)17(14,15)16/h1-2,5,9H,3-4H2,(H2,14,15,16). The van der Waals surface area contributed by atoms with Gasteiger partial charge >= 0.3 is 0 Å². The quantitative estimate of drug-likeness (QED) is 0.905. The van der Waals surface area contributed by atoms with Crippen molar-refractivity contribution in [3.63, 3.8) is 0 Å². The van der Waals surface area contributed by atoms with Crippen molar-refractivity contribution in [3.8, 4) is 0 Å². The molecular formula is C10H10F3NO2S. The van der Waals surface area contributed by atoms with E-state index in [1.807, 2.05) is 0 Å². The number of benzene rings is 1. The molecule has 94 valence electrons. The Kier molecular flexibility index (Phi) is 2.70. The van der Waals surface area contributed by atoms with Gasteiger partial charge in [0.25, 0.3) is 0 Å². The van der Waals surface area contributed by atoms with E-state index in [-0.39, 0.29) is 18.4 Å². The molecule has 0 amide bonds. The minimum absolute atomic E-state index is 0.123. The van der Waals surface area contributed by atoms with Crippen molar-refractivity contribution in [2.45, 2.75) is 29.6 Å². The molecule has 0 aliphatic heterocycles. The van der Waals surface area contributed by atoms with E-state index in [4.69, 9.17) is 5.14 Å². The Bertz CT molecular complexity index is 553. The lowest BCUT2D eigenvalue weighted by atomic mass is 9.96. The molecule has 0 heterocycles. The van der Waals surface area contributed by atoms with E-state index in [9.17, 15) is 21.6 Å². The van der Waals surface area contributed by atoms with Crippen molar-refractivity contribution in [1.82, 2.24) is 0 Å². The monoisotopic (exact) mass is 265 g/mol. The van der Waals surface area contributed by atoms with E-state index in [0.717, 1.165) is 12.1 Å². The lowest BCUT2D eigenvalue weighted by Crippen LogP contribution is -2.19. The van der Waals surface area contributed by atoms with E-state index < -0.39 is 32.6 Å². The van der Waals surface area contributed by atoms with Crippen molar-refractivity contribution >= 4 is 10.0 Å². The fourth-order valence-electron chi connectivity index (χ4n) is 1.81. The van der Waals surface area contributed by atoms with Gasteiger partial charge in [-0.2, -0.15) is 0 Å². The van der Waals surface area contributed by atoms with Crippen molar-refractivity contribution in [3.05, 3.63) is 29.6 Å². The third kappa shape index (κ3) is 2.04. The zero-order chi connectivity index (χ0) is 12.8. The molecule has 0 spiro atoms. The van der Waals surface area contributed by atoms with Gasteiger partial charge in [-0.1, -0.05) is 6.07 Å². The van der Waals surface area contributed by atoms with Crippen molar-refractivity contribution < 1.29 is 21.6 Å². The molecule has 2 rings (SSSR count). The van der Waals surface area contributed by atoms with Gasteiger partial charge in [0, 0.05) is 0 Å². The summed E-state index contributed by atoms with van der Waals surface area (Å²) in [6.45, 7) is 0. The van der Waals surface area contributed by atoms with Gasteiger partial charge in [0.05, 0.1) is 5.41 Å². The summed E-state index contributed by atoms with van der Waals surface area (Å²) in [6.07, 6.45) is -2.03. The van der Waals surface area contributed by atoms with E-state index >= 15 is 0 Å². The van der Waals surface area contributed by atoms with Crippen LogP contribution in [0.4, 0.5) is 13.2 Å². The van der Waals surface area contributed by atoms with Gasteiger partial charge < -0.3 is 0 Å². The van der Waals surface area contributed by atoms with Gasteiger partial charge in [0.15, 0.2) is 0 Å². The van der Waals surface area contributed by atoms with Crippen molar-refractivity contribution in [1.29, 1.82) is 0 Å². The molecule has 0 radical (unpaired) electrons. The molecule has 1 aromatic carbocycles. The summed E-state index contributed by atoms with van der Waals surface area (Å²) in [5, 5.41) is 4.78. The maximum absolute atomic E-state index is 13.5. The summed E-state index contributed by atoms with van der Waals surface area (Å²) in [5.41, 5.74) is -1.19. The lowest BCUT2D eigenvalue weighted by molar-refractivity contribution is 0.102. The second kappa shape index (κ2) is 3.71. The summed E-state index contributed by atoms with van der Waals surface area (Å²) in [7, 11) is -4.16. The highest BCUT2D eigenvalue weighted by molar-refractivity contribution is 7.89. The number of sulfonamides is 1. The molecule has 1 aliphatic carbocycles. The highest BCUT2D eigenvalue weighted by atomic mass is 32.2. The maximum atomic E-state index is 13.5. The van der Waals surface area contributed by atoms with Gasteiger partial charge in [-0.25, -0.2) is 26.7 Å². The van der Waals surface area contributed by atoms with Crippen LogP contribution in [0, 0.1) is 5.82 Å². The number of rotatable bonds is 3. The van der Waals surface area contributed by atoms with E-state index in [1.165, 1.54) is 6.07 Å². The fourth-order valence-corrected chi connectivity index (χ4v) is 2.40. The molecule has 3 nitrogen and oxygen atoms in total. The Hall–Kier alpha value is -1.08. The Morgan fingerprint density at radius 2 is 1.88 bits per heavy atom. The van der Waals surface area contributed by atoms with E-state index in [1.54, 1.807) is 0 Å². The third-order valence-electron chi connectivity index (χ3n) is 3.02. The van der Waals surface area contributed by atoms with Crippen LogP contribution in [-0.4, -0.2) is 14.8 Å². The van der Waals surface area contributed by atoms with Crippen LogP contribution in [-0.2, 0) is 15.4 Å². The molecule has 0 bridgehead atoms. The van der Waals surface area contributed by atoms with Gasteiger partial charge in [-0.3, -0.25) is 0 Å². The number of hydrogen-bond acceptors (Lipinski definition) is 2. The zero-order valence-electron chi connectivity index (χ0n) is 8.66. The molecule has 0 saturated heterocycles. The normalized spacial score (nSPS) is 18.4. The predicted octanol–water partition coefficient (Wildman–Crippen LogP) is 1.77. The maximum Gasteiger partial charge on any atom is 0.248 e. The predicted molar refractivity (Wildman–Crippen MR) is 54.7 cm³/mol. The minimum Gasteiger partial charge on any atom is -0.225 e. The molecule has 17 heavy (non-hydrogen) atoms. The van der Waals surface area contributed by atoms with Crippen LogP contribution in [0.15, 0.2) is 23.1 Å². The molecule has 7 heteroatoms. The number of halogens is 3. The number of alkyl halides is 2. The average Bonchev–Trinajstić information content (AvgIpc) is 2.95. The first-order valence-corrected chi connectivity index (χ1v) is 6.43. The molecule has 2 N–H and O–H groups in total. The second-order valence-corrected chi connectivity index (χ2v) is 5.68. The summed E-state index contributed by atoms with van der Waals surface area (Å²) in [5.74, 6) is -1.09. The van der Waals surface area contributed by atoms with E-state index in [2.05, 4.69) is 0 Å². The molecular weight excluding hydrogens is 255 g/mol. The van der Waals surface area contributed by atoms with Gasteiger partial charge in [-0.05, 0) is 30.5 Å². The summed E-state index contributed by atoms with van der Waals surface area (Å²) in [4.78, 5) is -0.675. The summed E-state index contributed by atoms with van der Waals surface area (Å²) < 4.78 is 60.9. The molecule has 0 atom stereocenters. The largest absolute Gasteiger partial charge is 0.248 e. The highest BCUT2D eigenvalue weighted by Gasteiger charge is 2.52. The van der Waals surface area contributed by atoms with Crippen molar-refractivity contribution in [2.75, 3.05) is 0 Å². The Balaban J connectivity index is 2.46. The molecule has 0 aromatic heterocycles. The average molecular weight is 265 g/mol. The molecule has 1 aliphatic rings. The molecule has 1 aromatic rings. The van der Waals surface area contributed by atoms with Crippen LogP contribution in [0.1, 0.15) is 18.4 Å². The van der Waals surface area contributed by atoms with Crippen LogP contribution in [0.3, 0.4) is 0 Å². The highest BCUT2D eigenvalue weighted by Crippen LogP contribution is 2.52.